The lowest BCUT2D eigenvalue weighted by molar-refractivity contribution is -0.0152. The van der Waals surface area contributed by atoms with Crippen molar-refractivity contribution < 1.29 is 9.53 Å². The lowest BCUT2D eigenvalue weighted by Gasteiger charge is -2.46. The predicted molar refractivity (Wildman–Crippen MR) is 91.9 cm³/mol. The molecule has 2 aromatic rings. The Balaban J connectivity index is 1.77. The van der Waals surface area contributed by atoms with Crippen LogP contribution in [0.25, 0.3) is 11.0 Å². The van der Waals surface area contributed by atoms with E-state index < -0.39 is 5.91 Å². The van der Waals surface area contributed by atoms with Crippen LogP contribution in [0.2, 0.25) is 0 Å². The molecular weight excluding hydrogens is 306 g/mol. The van der Waals surface area contributed by atoms with Gasteiger partial charge in [0.25, 0.3) is 5.91 Å². The summed E-state index contributed by atoms with van der Waals surface area (Å²) >= 11 is 0. The van der Waals surface area contributed by atoms with Crippen molar-refractivity contribution in [2.75, 3.05) is 7.05 Å². The Morgan fingerprint density at radius 1 is 1.58 bits per heavy atom. The number of aromatic nitrogens is 3. The van der Waals surface area contributed by atoms with E-state index in [0.29, 0.717) is 23.1 Å². The molecule has 1 amide bonds. The van der Waals surface area contributed by atoms with E-state index in [-0.39, 0.29) is 11.5 Å². The number of ether oxygens (including phenoxy) is 1. The number of rotatable bonds is 6. The average Bonchev–Trinajstić information content (AvgIpc) is 2.85. The molecule has 0 bridgehead atoms. The fraction of sp³-hybridized carbons (Fsp3) is 0.588. The number of nitrogens with two attached hydrogens (primary N) is 1. The Labute approximate surface area is 141 Å². The van der Waals surface area contributed by atoms with Crippen molar-refractivity contribution in [2.24, 2.45) is 18.2 Å². The molecule has 130 valence electrons. The maximum absolute atomic E-state index is 11.7. The third-order valence-electron chi connectivity index (χ3n) is 4.95. The van der Waals surface area contributed by atoms with Crippen LogP contribution in [0.5, 0.6) is 5.88 Å². The molecule has 0 unspecified atom stereocenters. The number of amides is 1. The quantitative estimate of drug-likeness (QED) is 0.838. The van der Waals surface area contributed by atoms with Crippen LogP contribution in [0.15, 0.2) is 12.3 Å². The molecule has 1 saturated carbocycles. The summed E-state index contributed by atoms with van der Waals surface area (Å²) in [6.07, 6.45) is 4.72. The molecule has 0 saturated heterocycles. The first-order valence-electron chi connectivity index (χ1n) is 8.28. The highest BCUT2D eigenvalue weighted by atomic mass is 16.5. The summed E-state index contributed by atoms with van der Waals surface area (Å²) in [7, 11) is 3.79. The number of hydrogen-bond acceptors (Lipinski definition) is 5. The van der Waals surface area contributed by atoms with Crippen molar-refractivity contribution in [3.05, 3.63) is 17.8 Å². The lowest BCUT2D eigenvalue weighted by Crippen LogP contribution is -2.45. The van der Waals surface area contributed by atoms with Crippen LogP contribution in [0, 0.1) is 5.41 Å². The standard InChI is InChI=1S/C17H25N5O2/c1-10(19-3)6-17(2)7-12(8-17)24-16-13(14(18)23)5-11-9-20-22(4)15(11)21-16/h5,9-10,12,19H,6-8H2,1-4H3,(H2,18,23)/t10-,12?,17?/m1/s1. The van der Waals surface area contributed by atoms with Crippen LogP contribution in [0.1, 0.15) is 43.5 Å². The van der Waals surface area contributed by atoms with Gasteiger partial charge in [-0.15, -0.1) is 0 Å². The summed E-state index contributed by atoms with van der Waals surface area (Å²) in [6, 6.07) is 2.18. The van der Waals surface area contributed by atoms with Crippen LogP contribution in [0.4, 0.5) is 0 Å². The molecular formula is C17H25N5O2. The Hall–Kier alpha value is -2.15. The number of nitrogens with one attached hydrogen (secondary N) is 1. The first-order chi connectivity index (χ1) is 11.3. The van der Waals surface area contributed by atoms with Crippen molar-refractivity contribution in [2.45, 2.75) is 45.3 Å². The van der Waals surface area contributed by atoms with E-state index in [4.69, 9.17) is 10.5 Å². The van der Waals surface area contributed by atoms with Crippen LogP contribution in [0.3, 0.4) is 0 Å². The minimum Gasteiger partial charge on any atom is -0.474 e. The lowest BCUT2D eigenvalue weighted by atomic mass is 9.65. The van der Waals surface area contributed by atoms with Gasteiger partial charge in [-0.2, -0.15) is 10.1 Å². The van der Waals surface area contributed by atoms with Crippen LogP contribution in [-0.4, -0.2) is 39.9 Å². The predicted octanol–water partition coefficient (Wildman–Crippen LogP) is 1.61. The molecule has 3 N–H and O–H groups in total. The van der Waals surface area contributed by atoms with Gasteiger partial charge in [-0.25, -0.2) is 0 Å². The first-order valence-corrected chi connectivity index (χ1v) is 8.28. The highest BCUT2D eigenvalue weighted by molar-refractivity contribution is 5.98. The Morgan fingerprint density at radius 2 is 2.29 bits per heavy atom. The van der Waals surface area contributed by atoms with Gasteiger partial charge in [0.2, 0.25) is 5.88 Å². The second-order valence-electron chi connectivity index (χ2n) is 7.24. The normalized spacial score (nSPS) is 24.6. The fourth-order valence-corrected chi connectivity index (χ4v) is 3.62. The van der Waals surface area contributed by atoms with E-state index >= 15 is 0 Å². The highest BCUT2D eigenvalue weighted by Crippen LogP contribution is 2.46. The first kappa shape index (κ1) is 16.7. The molecule has 0 aliphatic heterocycles. The van der Waals surface area contributed by atoms with E-state index in [2.05, 4.69) is 29.2 Å². The molecule has 2 aromatic heterocycles. The summed E-state index contributed by atoms with van der Waals surface area (Å²) in [5, 5.41) is 8.21. The van der Waals surface area contributed by atoms with Gasteiger partial charge in [0.05, 0.1) is 6.20 Å². The molecule has 24 heavy (non-hydrogen) atoms. The summed E-state index contributed by atoms with van der Waals surface area (Å²) in [4.78, 5) is 16.2. The maximum atomic E-state index is 11.7. The van der Waals surface area contributed by atoms with E-state index in [1.165, 1.54) is 0 Å². The van der Waals surface area contributed by atoms with Gasteiger partial charge in [0.1, 0.15) is 11.7 Å². The number of aryl methyl sites for hydroxylation is 1. The largest absolute Gasteiger partial charge is 0.474 e. The fourth-order valence-electron chi connectivity index (χ4n) is 3.62. The van der Waals surface area contributed by atoms with Gasteiger partial charge >= 0.3 is 0 Å². The average molecular weight is 331 g/mol. The van der Waals surface area contributed by atoms with Crippen molar-refractivity contribution >= 4 is 16.9 Å². The summed E-state index contributed by atoms with van der Waals surface area (Å²) in [5.41, 5.74) is 6.74. The van der Waals surface area contributed by atoms with Crippen LogP contribution < -0.4 is 15.8 Å². The number of primary amides is 1. The molecule has 3 rings (SSSR count). The second-order valence-corrected chi connectivity index (χ2v) is 7.24. The number of carbonyl (C=O) groups excluding carboxylic acids is 1. The highest BCUT2D eigenvalue weighted by Gasteiger charge is 2.42. The van der Waals surface area contributed by atoms with E-state index in [9.17, 15) is 4.79 Å². The monoisotopic (exact) mass is 331 g/mol. The molecule has 7 heteroatoms. The van der Waals surface area contributed by atoms with Crippen LogP contribution >= 0.6 is 0 Å². The smallest absolute Gasteiger partial charge is 0.254 e. The van der Waals surface area contributed by atoms with Gasteiger partial charge in [-0.3, -0.25) is 9.48 Å². The number of hydrogen-bond donors (Lipinski definition) is 2. The summed E-state index contributed by atoms with van der Waals surface area (Å²) < 4.78 is 7.67. The van der Waals surface area contributed by atoms with Crippen LogP contribution in [-0.2, 0) is 7.05 Å². The van der Waals surface area contributed by atoms with Gasteiger partial charge in [0.15, 0.2) is 5.65 Å². The number of nitrogens with zero attached hydrogens (tertiary/aromatic N) is 3. The maximum Gasteiger partial charge on any atom is 0.254 e. The molecule has 1 atom stereocenters. The number of carbonyl (C=O) groups is 1. The molecule has 0 radical (unpaired) electrons. The molecule has 1 aliphatic rings. The van der Waals surface area contributed by atoms with Crippen molar-refractivity contribution in [3.63, 3.8) is 0 Å². The van der Waals surface area contributed by atoms with Crippen molar-refractivity contribution in [1.82, 2.24) is 20.1 Å². The SMILES string of the molecule is CN[C@H](C)CC1(C)CC(Oc2nc3c(cnn3C)cc2C(N)=O)C1. The Morgan fingerprint density at radius 3 is 2.92 bits per heavy atom. The minimum absolute atomic E-state index is 0.0651. The zero-order valence-electron chi connectivity index (χ0n) is 14.7. The number of fused-ring (bicyclic) bond motifs is 1. The summed E-state index contributed by atoms with van der Waals surface area (Å²) in [5.74, 6) is -0.221. The Kier molecular flexibility index (Phi) is 4.21. The zero-order chi connectivity index (χ0) is 17.5. The van der Waals surface area contributed by atoms with Crippen molar-refractivity contribution in [3.8, 4) is 5.88 Å². The molecule has 2 heterocycles. The Bertz CT molecular complexity index is 764. The van der Waals surface area contributed by atoms with Crippen molar-refractivity contribution in [1.29, 1.82) is 0 Å². The second kappa shape index (κ2) is 6.05. The third-order valence-corrected chi connectivity index (χ3v) is 4.95. The topological polar surface area (TPSA) is 95.1 Å². The van der Waals surface area contributed by atoms with Gasteiger partial charge in [0, 0.05) is 18.5 Å². The van der Waals surface area contributed by atoms with E-state index in [1.807, 2.05) is 14.1 Å². The van der Waals surface area contributed by atoms with Gasteiger partial charge in [-0.1, -0.05) is 6.92 Å². The number of pyridine rings is 1. The summed E-state index contributed by atoms with van der Waals surface area (Å²) in [6.45, 7) is 4.45. The third kappa shape index (κ3) is 3.08. The van der Waals surface area contributed by atoms with E-state index in [0.717, 1.165) is 24.6 Å². The van der Waals surface area contributed by atoms with E-state index in [1.54, 1.807) is 16.9 Å². The molecule has 1 fully saturated rings. The molecule has 0 aromatic carbocycles. The zero-order valence-corrected chi connectivity index (χ0v) is 14.7. The molecule has 0 spiro atoms. The minimum atomic E-state index is -0.533. The molecule has 1 aliphatic carbocycles. The molecule has 7 nitrogen and oxygen atoms in total. The van der Waals surface area contributed by atoms with Gasteiger partial charge in [-0.05, 0) is 44.7 Å². The van der Waals surface area contributed by atoms with Gasteiger partial charge < -0.3 is 15.8 Å².